The molecule has 0 spiro atoms. The number of amides is 5. The zero-order chi connectivity index (χ0) is 38.3. The number of carbonyl (C=O) groups excluding carboxylic acids is 5. The Kier molecular flexibility index (Phi) is 14.7. The van der Waals surface area contributed by atoms with Gasteiger partial charge in [0.2, 0.25) is 27.6 Å². The van der Waals surface area contributed by atoms with E-state index in [9.17, 15) is 32.4 Å². The van der Waals surface area contributed by atoms with Gasteiger partial charge in [0.25, 0.3) is 5.91 Å². The van der Waals surface area contributed by atoms with E-state index in [-0.39, 0.29) is 36.8 Å². The number of urea groups is 1. The average molecular weight is 737 g/mol. The standard InChI is InChI=1S/C37H64N6O7S/c1-10-20-38-33(46)30(44)27(22-25-15-14-16-25)39-32(45)29-26(24(2)3)17-21-43(29)34(47)31(37(7)18-12-11-13-19-37)41-35(48)40-28(36(4,5)6)23-42(8)51(9,49)50/h10,24-29,31H,1,11-23H2,2-9H3,(H,38,46)(H,39,45)(H2,40,41,48)/t26-,27?,28-,29+,31-/m1/s1. The van der Waals surface area contributed by atoms with Crippen molar-refractivity contribution in [1.82, 2.24) is 30.5 Å². The van der Waals surface area contributed by atoms with E-state index in [1.165, 1.54) is 17.4 Å². The topological polar surface area (TPSA) is 174 Å². The lowest BCUT2D eigenvalue weighted by atomic mass is 9.70. The van der Waals surface area contributed by atoms with Crippen LogP contribution in [0.2, 0.25) is 0 Å². The summed E-state index contributed by atoms with van der Waals surface area (Å²) >= 11 is 0. The molecule has 0 aromatic carbocycles. The van der Waals surface area contributed by atoms with E-state index in [1.54, 1.807) is 4.90 Å². The summed E-state index contributed by atoms with van der Waals surface area (Å²) in [5.74, 6) is -2.26. The van der Waals surface area contributed by atoms with Gasteiger partial charge in [-0.3, -0.25) is 19.2 Å². The molecule has 51 heavy (non-hydrogen) atoms. The van der Waals surface area contributed by atoms with Crippen molar-refractivity contribution in [3.63, 3.8) is 0 Å². The number of hydrogen-bond donors (Lipinski definition) is 4. The second-order valence-corrected chi connectivity index (χ2v) is 18.9. The van der Waals surface area contributed by atoms with Crippen molar-refractivity contribution in [1.29, 1.82) is 0 Å². The summed E-state index contributed by atoms with van der Waals surface area (Å²) < 4.78 is 25.6. The van der Waals surface area contributed by atoms with Crippen LogP contribution in [-0.2, 0) is 29.2 Å². The Morgan fingerprint density at radius 3 is 2.12 bits per heavy atom. The predicted octanol–water partition coefficient (Wildman–Crippen LogP) is 3.35. The molecule has 290 valence electrons. The van der Waals surface area contributed by atoms with Gasteiger partial charge in [-0.05, 0) is 54.3 Å². The van der Waals surface area contributed by atoms with E-state index in [4.69, 9.17) is 0 Å². The summed E-state index contributed by atoms with van der Waals surface area (Å²) in [4.78, 5) is 70.6. The maximum Gasteiger partial charge on any atom is 0.315 e. The smallest absolute Gasteiger partial charge is 0.315 e. The number of Topliss-reactive ketones (excluding diaryl/α,β-unsaturated/α-hetero) is 1. The zero-order valence-corrected chi connectivity index (χ0v) is 33.0. The Balaban J connectivity index is 1.92. The minimum absolute atomic E-state index is 0.0366. The number of nitrogens with one attached hydrogen (secondary N) is 4. The molecule has 0 aromatic rings. The third kappa shape index (κ3) is 11.2. The maximum atomic E-state index is 14.8. The summed E-state index contributed by atoms with van der Waals surface area (Å²) in [6.07, 6.45) is 10.6. The molecule has 0 bridgehead atoms. The van der Waals surface area contributed by atoms with Gasteiger partial charge in [0.15, 0.2) is 0 Å². The van der Waals surface area contributed by atoms with E-state index in [0.29, 0.717) is 32.2 Å². The number of likely N-dealkylation sites (N-methyl/N-ethyl adjacent to an activating group) is 1. The number of sulfonamides is 1. The maximum absolute atomic E-state index is 14.8. The number of rotatable bonds is 16. The molecular weight excluding hydrogens is 673 g/mol. The van der Waals surface area contributed by atoms with E-state index in [2.05, 4.69) is 27.8 Å². The second kappa shape index (κ2) is 17.7. The molecule has 4 N–H and O–H groups in total. The highest BCUT2D eigenvalue weighted by Gasteiger charge is 2.50. The molecule has 2 aliphatic carbocycles. The number of carbonyl (C=O) groups is 5. The van der Waals surface area contributed by atoms with Crippen molar-refractivity contribution in [2.75, 3.05) is 32.9 Å². The Morgan fingerprint density at radius 1 is 0.980 bits per heavy atom. The molecule has 5 amide bonds. The highest BCUT2D eigenvalue weighted by Crippen LogP contribution is 2.41. The lowest BCUT2D eigenvalue weighted by Gasteiger charge is -2.43. The first-order valence-electron chi connectivity index (χ1n) is 18.7. The molecule has 1 heterocycles. The van der Waals surface area contributed by atoms with E-state index < -0.39 is 68.6 Å². The molecular formula is C37H64N6O7S. The van der Waals surface area contributed by atoms with E-state index >= 15 is 0 Å². The summed E-state index contributed by atoms with van der Waals surface area (Å²) in [5.41, 5.74) is -1.10. The van der Waals surface area contributed by atoms with Crippen LogP contribution >= 0.6 is 0 Å². The Morgan fingerprint density at radius 2 is 1.61 bits per heavy atom. The third-order valence-electron chi connectivity index (χ3n) is 11.5. The van der Waals surface area contributed by atoms with Crippen LogP contribution in [0.3, 0.4) is 0 Å². The molecule has 0 aromatic heterocycles. The van der Waals surface area contributed by atoms with Gasteiger partial charge < -0.3 is 26.2 Å². The summed E-state index contributed by atoms with van der Waals surface area (Å²) in [6, 6.07) is -4.02. The van der Waals surface area contributed by atoms with Gasteiger partial charge in [-0.2, -0.15) is 0 Å². The van der Waals surface area contributed by atoms with Crippen molar-refractivity contribution in [2.45, 2.75) is 130 Å². The highest BCUT2D eigenvalue weighted by atomic mass is 32.2. The first-order chi connectivity index (χ1) is 23.7. The lowest BCUT2D eigenvalue weighted by Crippen LogP contribution is -2.63. The van der Waals surface area contributed by atoms with Crippen molar-refractivity contribution in [3.8, 4) is 0 Å². The van der Waals surface area contributed by atoms with Crippen LogP contribution in [0.25, 0.3) is 0 Å². The van der Waals surface area contributed by atoms with Crippen LogP contribution in [-0.4, -0.2) is 104 Å². The molecule has 14 heteroatoms. The summed E-state index contributed by atoms with van der Waals surface area (Å²) in [5, 5.41) is 11.4. The SMILES string of the molecule is C=CCNC(=O)C(=O)C(CC1CCC1)NC(=O)[C@@H]1[C@@H](C(C)C)CCN1C(=O)[C@@H](NC(=O)N[C@H](CN(C)S(C)(=O)=O)C(C)(C)C)C1(C)CCCCC1. The molecule has 1 aliphatic heterocycles. The van der Waals surface area contributed by atoms with Crippen LogP contribution in [0.4, 0.5) is 4.79 Å². The first-order valence-corrected chi connectivity index (χ1v) is 20.6. The number of nitrogens with zero attached hydrogens (tertiary/aromatic N) is 2. The van der Waals surface area contributed by atoms with Gasteiger partial charge in [-0.1, -0.05) is 86.1 Å². The number of hydrogen-bond acceptors (Lipinski definition) is 7. The molecule has 3 aliphatic rings. The minimum atomic E-state index is -3.51. The molecule has 1 saturated heterocycles. The molecule has 5 atom stereocenters. The van der Waals surface area contributed by atoms with Crippen molar-refractivity contribution in [2.24, 2.45) is 28.6 Å². The lowest BCUT2D eigenvalue weighted by molar-refractivity contribution is -0.145. The Labute approximate surface area is 305 Å². The first kappa shape index (κ1) is 42.4. The molecule has 0 radical (unpaired) electrons. The predicted molar refractivity (Wildman–Crippen MR) is 198 cm³/mol. The van der Waals surface area contributed by atoms with Gasteiger partial charge in [-0.15, -0.1) is 6.58 Å². The molecule has 1 unspecified atom stereocenters. The normalized spacial score (nSPS) is 22.7. The van der Waals surface area contributed by atoms with Crippen LogP contribution in [0.15, 0.2) is 12.7 Å². The summed E-state index contributed by atoms with van der Waals surface area (Å²) in [6.45, 7) is 15.8. The van der Waals surface area contributed by atoms with Gasteiger partial charge in [0, 0.05) is 32.7 Å². The fourth-order valence-corrected chi connectivity index (χ4v) is 8.09. The van der Waals surface area contributed by atoms with Crippen molar-refractivity contribution >= 4 is 39.6 Å². The number of likely N-dealkylation sites (tertiary alicyclic amines) is 1. The third-order valence-corrected chi connectivity index (χ3v) is 12.8. The fraction of sp³-hybridized carbons (Fsp3) is 0.811. The van der Waals surface area contributed by atoms with Crippen molar-refractivity contribution < 1.29 is 32.4 Å². The minimum Gasteiger partial charge on any atom is -0.346 e. The van der Waals surface area contributed by atoms with Gasteiger partial charge in [0.1, 0.15) is 12.1 Å². The quantitative estimate of drug-likeness (QED) is 0.139. The zero-order valence-electron chi connectivity index (χ0n) is 32.2. The van der Waals surface area contributed by atoms with E-state index in [1.807, 2.05) is 41.5 Å². The number of ketones is 1. The van der Waals surface area contributed by atoms with Crippen LogP contribution in [0.5, 0.6) is 0 Å². The largest absolute Gasteiger partial charge is 0.346 e. The monoisotopic (exact) mass is 736 g/mol. The molecule has 13 nitrogen and oxygen atoms in total. The second-order valence-electron chi connectivity index (χ2n) is 16.9. The van der Waals surface area contributed by atoms with Gasteiger partial charge in [0.05, 0.1) is 12.3 Å². The van der Waals surface area contributed by atoms with Crippen LogP contribution < -0.4 is 21.3 Å². The molecule has 3 rings (SSSR count). The van der Waals surface area contributed by atoms with Crippen LogP contribution in [0.1, 0.15) is 106 Å². The van der Waals surface area contributed by atoms with Gasteiger partial charge in [-0.25, -0.2) is 17.5 Å². The summed E-state index contributed by atoms with van der Waals surface area (Å²) in [7, 11) is -2.04. The van der Waals surface area contributed by atoms with E-state index in [0.717, 1.165) is 44.8 Å². The Bertz CT molecular complexity index is 1380. The fourth-order valence-electron chi connectivity index (χ4n) is 7.67. The highest BCUT2D eigenvalue weighted by molar-refractivity contribution is 7.88. The molecule has 3 fully saturated rings. The van der Waals surface area contributed by atoms with Crippen LogP contribution in [0, 0.1) is 28.6 Å². The van der Waals surface area contributed by atoms with Crippen molar-refractivity contribution in [3.05, 3.63) is 12.7 Å². The van der Waals surface area contributed by atoms with Gasteiger partial charge >= 0.3 is 6.03 Å². The molecule has 2 saturated carbocycles. The average Bonchev–Trinajstić information content (AvgIpc) is 3.48. The Hall–Kier alpha value is -3.00.